The number of hydrogen-bond acceptors (Lipinski definition) is 5. The number of ether oxygens (including phenoxy) is 1. The maximum Gasteiger partial charge on any atom is 0.307 e. The van der Waals surface area contributed by atoms with Crippen LogP contribution in [0, 0.1) is 5.92 Å². The first-order chi connectivity index (χ1) is 10.7. The first-order valence-corrected chi connectivity index (χ1v) is 7.94. The maximum absolute atomic E-state index is 11.9. The molecule has 1 aliphatic carbocycles. The molecule has 1 amide bonds. The van der Waals surface area contributed by atoms with Crippen LogP contribution in [0.15, 0.2) is 6.20 Å². The van der Waals surface area contributed by atoms with Crippen LogP contribution in [-0.2, 0) is 16.1 Å². The molecule has 7 heteroatoms. The lowest BCUT2D eigenvalue weighted by Gasteiger charge is -2.20. The Balaban J connectivity index is 1.72. The molecule has 22 heavy (non-hydrogen) atoms. The topological polar surface area (TPSA) is 86.1 Å². The molecular weight excluding hydrogens is 284 g/mol. The highest BCUT2D eigenvalue weighted by Gasteiger charge is 2.15. The zero-order valence-electron chi connectivity index (χ0n) is 13.1. The second kappa shape index (κ2) is 8.51. The summed E-state index contributed by atoms with van der Waals surface area (Å²) in [5.74, 6) is 0.111. The van der Waals surface area contributed by atoms with E-state index in [0.29, 0.717) is 0 Å². The van der Waals surface area contributed by atoms with E-state index in [9.17, 15) is 9.59 Å². The molecule has 1 heterocycles. The average Bonchev–Trinajstić information content (AvgIpc) is 3.02. The van der Waals surface area contributed by atoms with Crippen molar-refractivity contribution in [2.75, 3.05) is 13.7 Å². The predicted octanol–water partition coefficient (Wildman–Crippen LogP) is 1.54. The highest BCUT2D eigenvalue weighted by Crippen LogP contribution is 2.26. The summed E-state index contributed by atoms with van der Waals surface area (Å²) >= 11 is 0. The van der Waals surface area contributed by atoms with Crippen LogP contribution in [0.25, 0.3) is 0 Å². The lowest BCUT2D eigenvalue weighted by atomic mass is 9.87. The Morgan fingerprint density at radius 2 is 2.14 bits per heavy atom. The number of nitrogens with zero attached hydrogens (tertiary/aromatic N) is 3. The van der Waals surface area contributed by atoms with Crippen LogP contribution in [0.3, 0.4) is 0 Å². The summed E-state index contributed by atoms with van der Waals surface area (Å²) in [4.78, 5) is 22.8. The molecule has 0 aromatic carbocycles. The van der Waals surface area contributed by atoms with Gasteiger partial charge in [-0.3, -0.25) is 14.3 Å². The average molecular weight is 308 g/mol. The van der Waals surface area contributed by atoms with Crippen molar-refractivity contribution in [1.82, 2.24) is 20.3 Å². The molecule has 1 aromatic rings. The third-order valence-electron chi connectivity index (χ3n) is 4.10. The van der Waals surface area contributed by atoms with Gasteiger partial charge in [-0.25, -0.2) is 0 Å². The molecule has 0 atom stereocenters. The summed E-state index contributed by atoms with van der Waals surface area (Å²) in [6, 6.07) is 0. The van der Waals surface area contributed by atoms with E-state index in [1.54, 1.807) is 10.9 Å². The van der Waals surface area contributed by atoms with Crippen molar-refractivity contribution in [2.24, 2.45) is 5.92 Å². The van der Waals surface area contributed by atoms with Crippen molar-refractivity contribution in [3.63, 3.8) is 0 Å². The van der Waals surface area contributed by atoms with Crippen LogP contribution in [-0.4, -0.2) is 40.5 Å². The van der Waals surface area contributed by atoms with Gasteiger partial charge in [-0.05, 0) is 12.3 Å². The minimum absolute atomic E-state index is 0.151. The molecule has 0 bridgehead atoms. The predicted molar refractivity (Wildman–Crippen MR) is 80.2 cm³/mol. The van der Waals surface area contributed by atoms with Gasteiger partial charge in [-0.15, -0.1) is 5.10 Å². The number of aromatic nitrogens is 3. The number of esters is 1. The zero-order valence-corrected chi connectivity index (χ0v) is 13.1. The van der Waals surface area contributed by atoms with Gasteiger partial charge >= 0.3 is 5.97 Å². The molecular formula is C15H24N4O3. The molecule has 7 nitrogen and oxygen atoms in total. The second-order valence-electron chi connectivity index (χ2n) is 5.74. The fraction of sp³-hybridized carbons (Fsp3) is 0.733. The van der Waals surface area contributed by atoms with Crippen LogP contribution in [0.5, 0.6) is 0 Å². The molecule has 122 valence electrons. The normalized spacial score (nSPS) is 15.5. The van der Waals surface area contributed by atoms with Gasteiger partial charge in [0.2, 0.25) is 0 Å². The molecule has 1 N–H and O–H groups in total. The quantitative estimate of drug-likeness (QED) is 0.772. The van der Waals surface area contributed by atoms with Crippen molar-refractivity contribution in [1.29, 1.82) is 0 Å². The summed E-state index contributed by atoms with van der Waals surface area (Å²) in [6.45, 7) is 1.04. The largest absolute Gasteiger partial charge is 0.469 e. The van der Waals surface area contributed by atoms with Crippen molar-refractivity contribution in [3.8, 4) is 0 Å². The van der Waals surface area contributed by atoms with Gasteiger partial charge in [0.1, 0.15) is 0 Å². The summed E-state index contributed by atoms with van der Waals surface area (Å²) in [5.41, 5.74) is 0.286. The Kier molecular flexibility index (Phi) is 6.36. The van der Waals surface area contributed by atoms with Gasteiger partial charge < -0.3 is 10.1 Å². The first kappa shape index (κ1) is 16.5. The summed E-state index contributed by atoms with van der Waals surface area (Å²) in [7, 11) is 1.32. The minimum Gasteiger partial charge on any atom is -0.469 e. The third kappa shape index (κ3) is 5.13. The van der Waals surface area contributed by atoms with Gasteiger partial charge in [0.25, 0.3) is 5.91 Å². The summed E-state index contributed by atoms with van der Waals surface area (Å²) in [5, 5.41) is 10.5. The molecule has 1 aliphatic rings. The van der Waals surface area contributed by atoms with Gasteiger partial charge in [0, 0.05) is 13.1 Å². The second-order valence-corrected chi connectivity index (χ2v) is 5.74. The van der Waals surface area contributed by atoms with Gasteiger partial charge in [0.05, 0.1) is 19.7 Å². The molecule has 0 saturated heterocycles. The van der Waals surface area contributed by atoms with E-state index < -0.39 is 0 Å². The molecule has 1 fully saturated rings. The van der Waals surface area contributed by atoms with Gasteiger partial charge in [0.15, 0.2) is 5.69 Å². The molecule has 1 saturated carbocycles. The maximum atomic E-state index is 11.9. The molecule has 0 unspecified atom stereocenters. The molecule has 0 radical (unpaired) electrons. The summed E-state index contributed by atoms with van der Waals surface area (Å²) < 4.78 is 6.24. The SMILES string of the molecule is COC(=O)CCNC(=O)c1cn(CCC2CCCCC2)nn1. The lowest BCUT2D eigenvalue weighted by Crippen LogP contribution is -2.26. The number of rotatable bonds is 7. The number of hydrogen-bond donors (Lipinski definition) is 1. The fourth-order valence-electron chi connectivity index (χ4n) is 2.77. The van der Waals surface area contributed by atoms with Crippen LogP contribution in [0.4, 0.5) is 0 Å². The van der Waals surface area contributed by atoms with Crippen molar-refractivity contribution >= 4 is 11.9 Å². The minimum atomic E-state index is -0.351. The van der Waals surface area contributed by atoms with Crippen molar-refractivity contribution in [2.45, 2.75) is 51.5 Å². The van der Waals surface area contributed by atoms with E-state index in [1.165, 1.54) is 39.2 Å². The Labute approximate surface area is 130 Å². The highest BCUT2D eigenvalue weighted by molar-refractivity contribution is 5.92. The van der Waals surface area contributed by atoms with Gasteiger partial charge in [-0.1, -0.05) is 37.3 Å². The van der Waals surface area contributed by atoms with Crippen molar-refractivity contribution < 1.29 is 14.3 Å². The molecule has 1 aromatic heterocycles. The highest BCUT2D eigenvalue weighted by atomic mass is 16.5. The third-order valence-corrected chi connectivity index (χ3v) is 4.10. The fourth-order valence-corrected chi connectivity index (χ4v) is 2.77. The zero-order chi connectivity index (χ0) is 15.8. The Morgan fingerprint density at radius 3 is 2.86 bits per heavy atom. The van der Waals surface area contributed by atoms with Gasteiger partial charge in [-0.2, -0.15) is 0 Å². The van der Waals surface area contributed by atoms with Crippen LogP contribution >= 0.6 is 0 Å². The monoisotopic (exact) mass is 308 g/mol. The van der Waals surface area contributed by atoms with E-state index in [0.717, 1.165) is 18.9 Å². The van der Waals surface area contributed by atoms with E-state index >= 15 is 0 Å². The Bertz CT molecular complexity index is 495. The molecule has 0 aliphatic heterocycles. The van der Waals surface area contributed by atoms with E-state index in [-0.39, 0.29) is 30.5 Å². The lowest BCUT2D eigenvalue weighted by molar-refractivity contribution is -0.140. The summed E-state index contributed by atoms with van der Waals surface area (Å²) in [6.07, 6.45) is 9.52. The van der Waals surface area contributed by atoms with Crippen LogP contribution in [0.1, 0.15) is 55.4 Å². The number of carbonyl (C=O) groups is 2. The number of amides is 1. The number of methoxy groups -OCH3 is 1. The number of nitrogens with one attached hydrogen (secondary N) is 1. The number of carbonyl (C=O) groups excluding carboxylic acids is 2. The molecule has 2 rings (SSSR count). The Hall–Kier alpha value is -1.92. The Morgan fingerprint density at radius 1 is 1.36 bits per heavy atom. The smallest absolute Gasteiger partial charge is 0.307 e. The van der Waals surface area contributed by atoms with Crippen LogP contribution < -0.4 is 5.32 Å². The first-order valence-electron chi connectivity index (χ1n) is 7.94. The molecule has 0 spiro atoms. The standard InChI is InChI=1S/C15H24N4O3/c1-22-14(20)7-9-16-15(21)13-11-19(18-17-13)10-8-12-5-3-2-4-6-12/h11-12H,2-10H2,1H3,(H,16,21). The van der Waals surface area contributed by atoms with Crippen molar-refractivity contribution in [3.05, 3.63) is 11.9 Å². The van der Waals surface area contributed by atoms with Crippen LogP contribution in [0.2, 0.25) is 0 Å². The number of aryl methyl sites for hydroxylation is 1. The van der Waals surface area contributed by atoms with E-state index in [4.69, 9.17) is 0 Å². The van der Waals surface area contributed by atoms with E-state index in [1.807, 2.05) is 0 Å². The van der Waals surface area contributed by atoms with E-state index in [2.05, 4.69) is 20.4 Å².